The molecule has 0 aliphatic carbocycles. The van der Waals surface area contributed by atoms with Gasteiger partial charge < -0.3 is 14.7 Å². The van der Waals surface area contributed by atoms with Crippen LogP contribution in [0.5, 0.6) is 0 Å². The van der Waals surface area contributed by atoms with E-state index in [1.165, 1.54) is 24.3 Å². The third-order valence-electron chi connectivity index (χ3n) is 5.15. The summed E-state index contributed by atoms with van der Waals surface area (Å²) >= 11 is 0. The summed E-state index contributed by atoms with van der Waals surface area (Å²) in [5.74, 6) is -0.692. The molecule has 1 aromatic rings. The summed E-state index contributed by atoms with van der Waals surface area (Å²) in [5.41, 5.74) is 0.387. The Morgan fingerprint density at radius 1 is 0.958 bits per heavy atom. The molecule has 3 amide bonds. The molecule has 1 aromatic carbocycles. The van der Waals surface area contributed by atoms with E-state index in [2.05, 4.69) is 0 Å². The van der Waals surface area contributed by atoms with E-state index in [9.17, 15) is 18.8 Å². The molecule has 0 radical (unpaired) electrons. The van der Waals surface area contributed by atoms with Gasteiger partial charge in [0.15, 0.2) is 0 Å². The first-order valence-corrected chi connectivity index (χ1v) is 8.22. The van der Waals surface area contributed by atoms with E-state index in [4.69, 9.17) is 0 Å². The molecular weight excluding hydrogens is 313 g/mol. The zero-order valence-electron chi connectivity index (χ0n) is 13.2. The third kappa shape index (κ3) is 2.26. The number of hydrogen-bond donors (Lipinski definition) is 0. The average Bonchev–Trinajstić information content (AvgIpc) is 3.09. The fraction of sp³-hybridized carbons (Fsp3) is 0.471. The van der Waals surface area contributed by atoms with Crippen LogP contribution in [0.1, 0.15) is 23.2 Å². The zero-order valence-corrected chi connectivity index (χ0v) is 13.2. The Morgan fingerprint density at radius 3 is 2.38 bits per heavy atom. The van der Waals surface area contributed by atoms with Gasteiger partial charge >= 0.3 is 0 Å². The summed E-state index contributed by atoms with van der Waals surface area (Å²) in [6.07, 6.45) is 1.58. The number of nitrogens with zero attached hydrogens (tertiary/aromatic N) is 3. The maximum atomic E-state index is 13.0. The Morgan fingerprint density at radius 2 is 1.62 bits per heavy atom. The summed E-state index contributed by atoms with van der Waals surface area (Å²) in [6, 6.07) is 4.46. The number of fused-ring (bicyclic) bond motifs is 2. The van der Waals surface area contributed by atoms with Gasteiger partial charge in [0.2, 0.25) is 11.8 Å². The Hall–Kier alpha value is -2.44. The van der Waals surface area contributed by atoms with Crippen LogP contribution in [0.3, 0.4) is 0 Å². The van der Waals surface area contributed by atoms with Crippen LogP contribution in [0.15, 0.2) is 24.3 Å². The minimum Gasteiger partial charge on any atom is -0.334 e. The molecule has 0 saturated carbocycles. The zero-order chi connectivity index (χ0) is 16.8. The SMILES string of the molecule is O=C(c1ccc(F)cc1)N1CCN2C(=O)[C@@H]3CCCN3C(=O)[C@H]2C1. The first kappa shape index (κ1) is 15.1. The van der Waals surface area contributed by atoms with Crippen molar-refractivity contribution in [2.24, 2.45) is 0 Å². The first-order valence-electron chi connectivity index (χ1n) is 8.22. The molecule has 3 heterocycles. The molecule has 0 spiro atoms. The fourth-order valence-electron chi connectivity index (χ4n) is 3.89. The van der Waals surface area contributed by atoms with Crippen molar-refractivity contribution in [2.75, 3.05) is 26.2 Å². The Bertz CT molecular complexity index is 706. The Balaban J connectivity index is 1.54. The molecule has 24 heavy (non-hydrogen) atoms. The van der Waals surface area contributed by atoms with Crippen LogP contribution in [-0.2, 0) is 9.59 Å². The van der Waals surface area contributed by atoms with Crippen LogP contribution in [0.25, 0.3) is 0 Å². The number of carbonyl (C=O) groups is 3. The molecule has 3 aliphatic rings. The Labute approximate surface area is 138 Å². The number of halogens is 1. The molecule has 3 fully saturated rings. The van der Waals surface area contributed by atoms with Gasteiger partial charge in [0.05, 0.1) is 6.54 Å². The van der Waals surface area contributed by atoms with Crippen LogP contribution >= 0.6 is 0 Å². The minimum atomic E-state index is -0.593. The normalized spacial score (nSPS) is 26.5. The average molecular weight is 331 g/mol. The molecule has 0 aromatic heterocycles. The van der Waals surface area contributed by atoms with Crippen LogP contribution < -0.4 is 0 Å². The van der Waals surface area contributed by atoms with Crippen LogP contribution in [0.4, 0.5) is 4.39 Å². The summed E-state index contributed by atoms with van der Waals surface area (Å²) in [5, 5.41) is 0. The summed E-state index contributed by atoms with van der Waals surface area (Å²) < 4.78 is 13.0. The molecule has 126 valence electrons. The van der Waals surface area contributed by atoms with E-state index in [0.717, 1.165) is 12.8 Å². The lowest BCUT2D eigenvalue weighted by molar-refractivity contribution is -0.162. The number of piperazine rings is 2. The number of rotatable bonds is 1. The van der Waals surface area contributed by atoms with E-state index >= 15 is 0 Å². The predicted molar refractivity (Wildman–Crippen MR) is 82.5 cm³/mol. The van der Waals surface area contributed by atoms with E-state index in [1.807, 2.05) is 0 Å². The van der Waals surface area contributed by atoms with Crippen LogP contribution in [-0.4, -0.2) is 70.7 Å². The largest absolute Gasteiger partial charge is 0.334 e. The monoisotopic (exact) mass is 331 g/mol. The van der Waals surface area contributed by atoms with Crippen molar-refractivity contribution in [2.45, 2.75) is 24.9 Å². The topological polar surface area (TPSA) is 60.9 Å². The summed E-state index contributed by atoms with van der Waals surface area (Å²) in [4.78, 5) is 42.7. The van der Waals surface area contributed by atoms with Crippen molar-refractivity contribution in [1.29, 1.82) is 0 Å². The van der Waals surface area contributed by atoms with Crippen molar-refractivity contribution < 1.29 is 18.8 Å². The highest BCUT2D eigenvalue weighted by Crippen LogP contribution is 2.29. The minimum absolute atomic E-state index is 0.00554. The summed E-state index contributed by atoms with van der Waals surface area (Å²) in [6.45, 7) is 1.57. The molecule has 3 aliphatic heterocycles. The quantitative estimate of drug-likeness (QED) is 0.752. The van der Waals surface area contributed by atoms with Crippen molar-refractivity contribution >= 4 is 17.7 Å². The van der Waals surface area contributed by atoms with Gasteiger partial charge in [0.1, 0.15) is 17.9 Å². The molecule has 2 atom stereocenters. The molecule has 4 rings (SSSR count). The van der Waals surface area contributed by atoms with E-state index in [0.29, 0.717) is 25.2 Å². The molecule has 0 unspecified atom stereocenters. The Kier molecular flexibility index (Phi) is 3.51. The number of hydrogen-bond acceptors (Lipinski definition) is 3. The molecule has 0 bridgehead atoms. The second-order valence-corrected chi connectivity index (χ2v) is 6.50. The maximum absolute atomic E-state index is 13.0. The predicted octanol–water partition coefficient (Wildman–Crippen LogP) is 0.483. The summed E-state index contributed by atoms with van der Waals surface area (Å²) in [7, 11) is 0. The van der Waals surface area contributed by atoms with Crippen molar-refractivity contribution in [3.05, 3.63) is 35.6 Å². The lowest BCUT2D eigenvalue weighted by Gasteiger charge is -2.47. The van der Waals surface area contributed by atoms with Gasteiger partial charge in [-0.1, -0.05) is 0 Å². The molecular formula is C17H18FN3O3. The fourth-order valence-corrected chi connectivity index (χ4v) is 3.89. The van der Waals surface area contributed by atoms with Crippen molar-refractivity contribution in [3.63, 3.8) is 0 Å². The van der Waals surface area contributed by atoms with Crippen LogP contribution in [0.2, 0.25) is 0 Å². The first-order chi connectivity index (χ1) is 11.6. The highest BCUT2D eigenvalue weighted by atomic mass is 19.1. The van der Waals surface area contributed by atoms with Crippen LogP contribution in [0, 0.1) is 5.82 Å². The van der Waals surface area contributed by atoms with Gasteiger partial charge in [-0.05, 0) is 37.1 Å². The second-order valence-electron chi connectivity index (χ2n) is 6.50. The third-order valence-corrected chi connectivity index (χ3v) is 5.15. The smallest absolute Gasteiger partial charge is 0.254 e. The standard InChI is InChI=1S/C17H18FN3O3/c18-12-5-3-11(4-6-12)15(22)19-8-9-21-14(10-19)17(24)20-7-1-2-13(20)16(21)23/h3-6,13-14H,1-2,7-10H2/t13-,14+/m0/s1. The van der Waals surface area contributed by atoms with Gasteiger partial charge in [-0.3, -0.25) is 14.4 Å². The molecule has 7 heteroatoms. The van der Waals surface area contributed by atoms with Gasteiger partial charge in [-0.15, -0.1) is 0 Å². The van der Waals surface area contributed by atoms with Gasteiger partial charge in [0.25, 0.3) is 5.91 Å². The highest BCUT2D eigenvalue weighted by molar-refractivity contribution is 5.99. The highest BCUT2D eigenvalue weighted by Gasteiger charge is 2.49. The van der Waals surface area contributed by atoms with Gasteiger partial charge in [-0.25, -0.2) is 4.39 Å². The number of carbonyl (C=O) groups excluding carboxylic acids is 3. The van der Waals surface area contributed by atoms with E-state index in [1.54, 1.807) is 14.7 Å². The van der Waals surface area contributed by atoms with Gasteiger partial charge in [0, 0.05) is 25.2 Å². The van der Waals surface area contributed by atoms with Crippen molar-refractivity contribution in [3.8, 4) is 0 Å². The van der Waals surface area contributed by atoms with Gasteiger partial charge in [-0.2, -0.15) is 0 Å². The number of amides is 3. The molecule has 0 N–H and O–H groups in total. The molecule has 3 saturated heterocycles. The van der Waals surface area contributed by atoms with E-state index in [-0.39, 0.29) is 30.3 Å². The van der Waals surface area contributed by atoms with Crippen molar-refractivity contribution in [1.82, 2.24) is 14.7 Å². The maximum Gasteiger partial charge on any atom is 0.254 e. The number of benzene rings is 1. The second kappa shape index (κ2) is 5.58. The van der Waals surface area contributed by atoms with E-state index < -0.39 is 11.9 Å². The lowest BCUT2D eigenvalue weighted by atomic mass is 10.0. The molecule has 6 nitrogen and oxygen atoms in total. The lowest BCUT2D eigenvalue weighted by Crippen LogP contribution is -2.69.